The maximum atomic E-state index is 13.9. The summed E-state index contributed by atoms with van der Waals surface area (Å²) in [6.07, 6.45) is 0. The highest BCUT2D eigenvalue weighted by molar-refractivity contribution is 5.78. The number of nitrogens with one attached hydrogen (secondary N) is 1. The Labute approximate surface area is 119 Å². The van der Waals surface area contributed by atoms with E-state index in [2.05, 4.69) is 5.32 Å². The average Bonchev–Trinajstić information content (AvgIpc) is 2.87. The van der Waals surface area contributed by atoms with Crippen molar-refractivity contribution in [2.24, 2.45) is 0 Å². The maximum Gasteiger partial charge on any atom is 0.169 e. The van der Waals surface area contributed by atoms with E-state index in [-0.39, 0.29) is 11.1 Å². The minimum absolute atomic E-state index is 0.121. The van der Waals surface area contributed by atoms with Crippen LogP contribution in [0.4, 0.5) is 13.2 Å². The van der Waals surface area contributed by atoms with Gasteiger partial charge in [-0.1, -0.05) is 18.2 Å². The van der Waals surface area contributed by atoms with E-state index in [0.717, 1.165) is 6.07 Å². The summed E-state index contributed by atoms with van der Waals surface area (Å²) in [6, 6.07) is 8.91. The van der Waals surface area contributed by atoms with Gasteiger partial charge in [-0.3, -0.25) is 0 Å². The predicted octanol–water partition coefficient (Wildman–Crippen LogP) is 4.16. The van der Waals surface area contributed by atoms with E-state index in [0.29, 0.717) is 11.1 Å². The fourth-order valence-electron chi connectivity index (χ4n) is 2.38. The molecule has 0 bridgehead atoms. The number of rotatable bonds is 3. The highest BCUT2D eigenvalue weighted by Crippen LogP contribution is 2.30. The van der Waals surface area contributed by atoms with E-state index in [4.69, 9.17) is 4.42 Å². The Bertz CT molecular complexity index is 797. The van der Waals surface area contributed by atoms with Crippen LogP contribution in [0.15, 0.2) is 46.9 Å². The lowest BCUT2D eigenvalue weighted by atomic mass is 10.0. The third-order valence-electron chi connectivity index (χ3n) is 3.36. The number of hydrogen-bond acceptors (Lipinski definition) is 2. The van der Waals surface area contributed by atoms with Crippen molar-refractivity contribution in [1.82, 2.24) is 5.32 Å². The zero-order valence-electron chi connectivity index (χ0n) is 11.2. The first-order valence-electron chi connectivity index (χ1n) is 6.40. The first-order valence-corrected chi connectivity index (χ1v) is 6.40. The Morgan fingerprint density at radius 2 is 1.81 bits per heavy atom. The molecular formula is C16H12F3NO. The van der Waals surface area contributed by atoms with Crippen molar-refractivity contribution in [1.29, 1.82) is 0 Å². The summed E-state index contributed by atoms with van der Waals surface area (Å²) in [6.45, 7) is 0. The van der Waals surface area contributed by atoms with Crippen LogP contribution in [0.25, 0.3) is 11.0 Å². The molecule has 0 saturated carbocycles. The van der Waals surface area contributed by atoms with Crippen LogP contribution >= 0.6 is 0 Å². The zero-order chi connectivity index (χ0) is 15.0. The second-order valence-corrected chi connectivity index (χ2v) is 4.69. The van der Waals surface area contributed by atoms with Gasteiger partial charge in [0.25, 0.3) is 0 Å². The van der Waals surface area contributed by atoms with E-state index in [9.17, 15) is 13.2 Å². The number of benzene rings is 2. The van der Waals surface area contributed by atoms with Gasteiger partial charge in [0.15, 0.2) is 11.4 Å². The Balaban J connectivity index is 2.11. The molecule has 0 fully saturated rings. The van der Waals surface area contributed by atoms with Gasteiger partial charge >= 0.3 is 0 Å². The SMILES string of the molecule is CNC(c1cc2cccc(F)c2o1)c1ccc(F)cc1F. The van der Waals surface area contributed by atoms with E-state index in [1.807, 2.05) is 0 Å². The van der Waals surface area contributed by atoms with Crippen molar-refractivity contribution < 1.29 is 17.6 Å². The van der Waals surface area contributed by atoms with Gasteiger partial charge in [0, 0.05) is 17.0 Å². The summed E-state index contributed by atoms with van der Waals surface area (Å²) < 4.78 is 46.1. The molecule has 1 unspecified atom stereocenters. The third-order valence-corrected chi connectivity index (χ3v) is 3.36. The van der Waals surface area contributed by atoms with Gasteiger partial charge < -0.3 is 9.73 Å². The van der Waals surface area contributed by atoms with Gasteiger partial charge in [-0.15, -0.1) is 0 Å². The minimum Gasteiger partial charge on any atom is -0.456 e. The van der Waals surface area contributed by atoms with Gasteiger partial charge in [-0.05, 0) is 25.2 Å². The lowest BCUT2D eigenvalue weighted by Gasteiger charge is -2.14. The van der Waals surface area contributed by atoms with Crippen molar-refractivity contribution in [3.63, 3.8) is 0 Å². The van der Waals surface area contributed by atoms with Crippen LogP contribution in [0.2, 0.25) is 0 Å². The van der Waals surface area contributed by atoms with Gasteiger partial charge in [0.2, 0.25) is 0 Å². The first-order chi connectivity index (χ1) is 10.1. The summed E-state index contributed by atoms with van der Waals surface area (Å²) in [4.78, 5) is 0. The molecule has 2 aromatic carbocycles. The maximum absolute atomic E-state index is 13.9. The number of furan rings is 1. The Morgan fingerprint density at radius 1 is 1.00 bits per heavy atom. The predicted molar refractivity (Wildman–Crippen MR) is 73.4 cm³/mol. The summed E-state index contributed by atoms with van der Waals surface area (Å²) in [5.74, 6) is -1.45. The topological polar surface area (TPSA) is 25.2 Å². The molecule has 1 aromatic heterocycles. The van der Waals surface area contributed by atoms with Crippen LogP contribution in [0.3, 0.4) is 0 Å². The molecule has 0 amide bonds. The van der Waals surface area contributed by atoms with Crippen molar-refractivity contribution in [3.05, 3.63) is 71.2 Å². The quantitative estimate of drug-likeness (QED) is 0.784. The molecule has 0 saturated heterocycles. The van der Waals surface area contributed by atoms with Crippen molar-refractivity contribution in [2.45, 2.75) is 6.04 Å². The standard InChI is InChI=1S/C16H12F3NO/c1-20-15(11-6-5-10(17)8-13(11)19)14-7-9-3-2-4-12(18)16(9)21-14/h2-8,15,20H,1H3. The normalized spacial score (nSPS) is 12.8. The summed E-state index contributed by atoms with van der Waals surface area (Å²) in [7, 11) is 1.62. The fourth-order valence-corrected chi connectivity index (χ4v) is 2.38. The van der Waals surface area contributed by atoms with Crippen LogP contribution in [0.1, 0.15) is 17.4 Å². The van der Waals surface area contributed by atoms with E-state index >= 15 is 0 Å². The number of halogens is 3. The second-order valence-electron chi connectivity index (χ2n) is 4.69. The molecule has 5 heteroatoms. The summed E-state index contributed by atoms with van der Waals surface area (Å²) >= 11 is 0. The number of fused-ring (bicyclic) bond motifs is 1. The first kappa shape index (κ1) is 13.7. The van der Waals surface area contributed by atoms with Gasteiger partial charge in [0.05, 0.1) is 6.04 Å². The van der Waals surface area contributed by atoms with Crippen molar-refractivity contribution in [3.8, 4) is 0 Å². The Kier molecular flexibility index (Phi) is 3.43. The van der Waals surface area contributed by atoms with Crippen LogP contribution < -0.4 is 5.32 Å². The lowest BCUT2D eigenvalue weighted by molar-refractivity contribution is 0.463. The van der Waals surface area contributed by atoms with E-state index in [1.165, 1.54) is 18.2 Å². The molecule has 21 heavy (non-hydrogen) atoms. The third kappa shape index (κ3) is 2.40. The molecule has 0 spiro atoms. The van der Waals surface area contributed by atoms with Gasteiger partial charge in [-0.25, -0.2) is 13.2 Å². The largest absolute Gasteiger partial charge is 0.456 e. The molecule has 1 N–H and O–H groups in total. The molecule has 0 aliphatic rings. The zero-order valence-corrected chi connectivity index (χ0v) is 11.2. The fraction of sp³-hybridized carbons (Fsp3) is 0.125. The van der Waals surface area contributed by atoms with Crippen LogP contribution in [-0.2, 0) is 0 Å². The van der Waals surface area contributed by atoms with Crippen LogP contribution in [0, 0.1) is 17.5 Å². The van der Waals surface area contributed by atoms with Crippen LogP contribution in [-0.4, -0.2) is 7.05 Å². The second kappa shape index (κ2) is 5.26. The molecule has 1 atom stereocenters. The molecule has 3 aromatic rings. The minimum atomic E-state index is -0.685. The molecular weight excluding hydrogens is 279 g/mol. The molecule has 1 heterocycles. The van der Waals surface area contributed by atoms with E-state index < -0.39 is 23.5 Å². The molecule has 3 rings (SSSR count). The van der Waals surface area contributed by atoms with Crippen LogP contribution in [0.5, 0.6) is 0 Å². The monoisotopic (exact) mass is 291 g/mol. The van der Waals surface area contributed by atoms with E-state index in [1.54, 1.807) is 25.2 Å². The summed E-state index contributed by atoms with van der Waals surface area (Å²) in [5.41, 5.74) is 0.355. The molecule has 108 valence electrons. The number of hydrogen-bond donors (Lipinski definition) is 1. The number of para-hydroxylation sites is 1. The average molecular weight is 291 g/mol. The highest BCUT2D eigenvalue weighted by atomic mass is 19.1. The van der Waals surface area contributed by atoms with Gasteiger partial charge in [-0.2, -0.15) is 0 Å². The molecule has 2 nitrogen and oxygen atoms in total. The Hall–Kier alpha value is -2.27. The molecule has 0 radical (unpaired) electrons. The molecule has 0 aliphatic carbocycles. The smallest absolute Gasteiger partial charge is 0.169 e. The molecule has 0 aliphatic heterocycles. The van der Waals surface area contributed by atoms with Crippen molar-refractivity contribution >= 4 is 11.0 Å². The highest BCUT2D eigenvalue weighted by Gasteiger charge is 2.21. The van der Waals surface area contributed by atoms with Crippen molar-refractivity contribution in [2.75, 3.05) is 7.05 Å². The Morgan fingerprint density at radius 3 is 2.48 bits per heavy atom. The lowest BCUT2D eigenvalue weighted by Crippen LogP contribution is -2.18. The summed E-state index contributed by atoms with van der Waals surface area (Å²) in [5, 5.41) is 3.49. The van der Waals surface area contributed by atoms with Gasteiger partial charge in [0.1, 0.15) is 17.4 Å².